The van der Waals surface area contributed by atoms with Crippen molar-refractivity contribution in [2.24, 2.45) is 5.73 Å². The van der Waals surface area contributed by atoms with Gasteiger partial charge in [0.2, 0.25) is 5.91 Å². The number of amides is 1. The standard InChI is InChI=1S/C11H20N2O5S/c1-2-18-10(15)4-3-5-13-9(14)7-19-6-8(12)11(16)17/h8H,2-7,12H2,1H3,(H,13,14)(H,16,17)/t8-/m1/s1. The van der Waals surface area contributed by atoms with E-state index in [1.165, 1.54) is 0 Å². The summed E-state index contributed by atoms with van der Waals surface area (Å²) in [7, 11) is 0. The Labute approximate surface area is 116 Å². The van der Waals surface area contributed by atoms with Gasteiger partial charge in [-0.05, 0) is 13.3 Å². The number of ether oxygens (including phenoxy) is 1. The van der Waals surface area contributed by atoms with Crippen LogP contribution < -0.4 is 11.1 Å². The Hall–Kier alpha value is -1.28. The molecule has 1 amide bonds. The van der Waals surface area contributed by atoms with Crippen LogP contribution in [-0.2, 0) is 19.1 Å². The summed E-state index contributed by atoms with van der Waals surface area (Å²) in [6.07, 6.45) is 0.787. The van der Waals surface area contributed by atoms with E-state index in [0.717, 1.165) is 11.8 Å². The Kier molecular flexibility index (Phi) is 9.91. The molecule has 0 spiro atoms. The predicted molar refractivity (Wildman–Crippen MR) is 71.8 cm³/mol. The van der Waals surface area contributed by atoms with Gasteiger partial charge in [-0.2, -0.15) is 0 Å². The minimum Gasteiger partial charge on any atom is -0.480 e. The van der Waals surface area contributed by atoms with E-state index in [0.29, 0.717) is 19.6 Å². The van der Waals surface area contributed by atoms with Crippen LogP contribution in [0.5, 0.6) is 0 Å². The number of rotatable bonds is 10. The summed E-state index contributed by atoms with van der Waals surface area (Å²) in [6, 6.07) is -0.957. The summed E-state index contributed by atoms with van der Waals surface area (Å²) in [5.74, 6) is -1.22. The Bertz CT molecular complexity index is 311. The number of aliphatic carboxylic acids is 1. The summed E-state index contributed by atoms with van der Waals surface area (Å²) in [4.78, 5) is 32.7. The molecule has 0 bridgehead atoms. The smallest absolute Gasteiger partial charge is 0.321 e. The van der Waals surface area contributed by atoms with E-state index >= 15 is 0 Å². The first kappa shape index (κ1) is 17.7. The minimum atomic E-state index is -1.08. The molecule has 1 atom stereocenters. The molecule has 7 nitrogen and oxygen atoms in total. The fourth-order valence-electron chi connectivity index (χ4n) is 1.09. The number of thioether (sulfide) groups is 1. The molecule has 0 saturated carbocycles. The molecular formula is C11H20N2O5S. The zero-order chi connectivity index (χ0) is 14.7. The highest BCUT2D eigenvalue weighted by Crippen LogP contribution is 2.01. The lowest BCUT2D eigenvalue weighted by molar-refractivity contribution is -0.143. The molecule has 0 aromatic carbocycles. The van der Waals surface area contributed by atoms with Gasteiger partial charge in [0.05, 0.1) is 12.4 Å². The lowest BCUT2D eigenvalue weighted by Gasteiger charge is -2.07. The topological polar surface area (TPSA) is 119 Å². The highest BCUT2D eigenvalue weighted by Gasteiger charge is 2.12. The monoisotopic (exact) mass is 292 g/mol. The third-order valence-corrected chi connectivity index (χ3v) is 3.09. The van der Waals surface area contributed by atoms with Crippen LogP contribution in [0.25, 0.3) is 0 Å². The molecule has 0 radical (unpaired) electrons. The van der Waals surface area contributed by atoms with E-state index in [2.05, 4.69) is 5.32 Å². The zero-order valence-electron chi connectivity index (χ0n) is 10.9. The molecule has 19 heavy (non-hydrogen) atoms. The van der Waals surface area contributed by atoms with Crippen LogP contribution >= 0.6 is 11.8 Å². The number of carboxylic acid groups (broad SMARTS) is 1. The molecule has 0 saturated heterocycles. The molecule has 4 N–H and O–H groups in total. The molecule has 0 aromatic rings. The van der Waals surface area contributed by atoms with E-state index in [4.69, 9.17) is 15.6 Å². The molecule has 0 aliphatic carbocycles. The first-order chi connectivity index (χ1) is 8.97. The number of carbonyl (C=O) groups is 3. The van der Waals surface area contributed by atoms with Gasteiger partial charge in [-0.15, -0.1) is 11.8 Å². The van der Waals surface area contributed by atoms with Gasteiger partial charge in [0, 0.05) is 18.7 Å². The third-order valence-electron chi connectivity index (χ3n) is 2.03. The SMILES string of the molecule is CCOC(=O)CCCNC(=O)CSC[C@@H](N)C(=O)O. The van der Waals surface area contributed by atoms with E-state index in [1.807, 2.05) is 0 Å². The molecule has 0 aromatic heterocycles. The number of carboxylic acids is 1. The van der Waals surface area contributed by atoms with Crippen LogP contribution in [0, 0.1) is 0 Å². The van der Waals surface area contributed by atoms with Gasteiger partial charge >= 0.3 is 11.9 Å². The lowest BCUT2D eigenvalue weighted by Crippen LogP contribution is -2.33. The van der Waals surface area contributed by atoms with E-state index in [-0.39, 0.29) is 29.8 Å². The first-order valence-electron chi connectivity index (χ1n) is 5.95. The number of hydrogen-bond donors (Lipinski definition) is 3. The molecule has 0 aliphatic heterocycles. The molecule has 0 rings (SSSR count). The number of nitrogens with one attached hydrogen (secondary N) is 1. The van der Waals surface area contributed by atoms with Crippen molar-refractivity contribution in [3.63, 3.8) is 0 Å². The van der Waals surface area contributed by atoms with Crippen molar-refractivity contribution in [1.29, 1.82) is 0 Å². The van der Waals surface area contributed by atoms with Crippen molar-refractivity contribution in [1.82, 2.24) is 5.32 Å². The fraction of sp³-hybridized carbons (Fsp3) is 0.727. The van der Waals surface area contributed by atoms with Gasteiger partial charge in [0.1, 0.15) is 6.04 Å². The zero-order valence-corrected chi connectivity index (χ0v) is 11.7. The van der Waals surface area contributed by atoms with Gasteiger partial charge < -0.3 is 20.9 Å². The second kappa shape index (κ2) is 10.6. The second-order valence-electron chi connectivity index (χ2n) is 3.72. The largest absolute Gasteiger partial charge is 0.480 e. The second-order valence-corrected chi connectivity index (χ2v) is 4.75. The highest BCUT2D eigenvalue weighted by atomic mass is 32.2. The van der Waals surface area contributed by atoms with Crippen LogP contribution in [0.2, 0.25) is 0 Å². The summed E-state index contributed by atoms with van der Waals surface area (Å²) in [6.45, 7) is 2.48. The van der Waals surface area contributed by atoms with Crippen LogP contribution in [0.4, 0.5) is 0 Å². The van der Waals surface area contributed by atoms with Crippen molar-refractivity contribution in [3.8, 4) is 0 Å². The third kappa shape index (κ3) is 10.3. The predicted octanol–water partition coefficient (Wildman–Crippen LogP) is -0.409. The van der Waals surface area contributed by atoms with Crippen molar-refractivity contribution >= 4 is 29.6 Å². The van der Waals surface area contributed by atoms with E-state index in [9.17, 15) is 14.4 Å². The van der Waals surface area contributed by atoms with Crippen molar-refractivity contribution in [2.45, 2.75) is 25.8 Å². The number of esters is 1. The van der Waals surface area contributed by atoms with Gasteiger partial charge in [-0.3, -0.25) is 14.4 Å². The summed E-state index contributed by atoms with van der Waals surface area (Å²) < 4.78 is 4.74. The van der Waals surface area contributed by atoms with Crippen LogP contribution in [0.1, 0.15) is 19.8 Å². The van der Waals surface area contributed by atoms with E-state index < -0.39 is 12.0 Å². The van der Waals surface area contributed by atoms with Gasteiger partial charge in [-0.25, -0.2) is 0 Å². The van der Waals surface area contributed by atoms with Crippen LogP contribution in [0.15, 0.2) is 0 Å². The quantitative estimate of drug-likeness (QED) is 0.370. The molecule has 110 valence electrons. The number of hydrogen-bond acceptors (Lipinski definition) is 6. The molecule has 8 heteroatoms. The Morgan fingerprint density at radius 3 is 2.68 bits per heavy atom. The Morgan fingerprint density at radius 2 is 2.11 bits per heavy atom. The van der Waals surface area contributed by atoms with Crippen molar-refractivity contribution in [2.75, 3.05) is 24.7 Å². The Morgan fingerprint density at radius 1 is 1.42 bits per heavy atom. The average molecular weight is 292 g/mol. The van der Waals surface area contributed by atoms with Crippen LogP contribution in [-0.4, -0.2) is 53.7 Å². The summed E-state index contributed by atoms with van der Waals surface area (Å²) >= 11 is 1.16. The highest BCUT2D eigenvalue weighted by molar-refractivity contribution is 8.00. The molecule has 0 aliphatic rings. The van der Waals surface area contributed by atoms with Crippen LogP contribution in [0.3, 0.4) is 0 Å². The van der Waals surface area contributed by atoms with Gasteiger partial charge in [0.15, 0.2) is 0 Å². The van der Waals surface area contributed by atoms with Gasteiger partial charge in [0.25, 0.3) is 0 Å². The molecule has 0 unspecified atom stereocenters. The van der Waals surface area contributed by atoms with E-state index in [1.54, 1.807) is 6.92 Å². The normalized spacial score (nSPS) is 11.7. The number of nitrogens with two attached hydrogens (primary N) is 1. The van der Waals surface area contributed by atoms with Gasteiger partial charge in [-0.1, -0.05) is 0 Å². The molecule has 0 heterocycles. The summed E-state index contributed by atoms with van der Waals surface area (Å²) in [5, 5.41) is 11.2. The maximum atomic E-state index is 11.3. The fourth-order valence-corrected chi connectivity index (χ4v) is 1.90. The maximum Gasteiger partial charge on any atom is 0.321 e. The van der Waals surface area contributed by atoms with Crippen molar-refractivity contribution < 1.29 is 24.2 Å². The molecular weight excluding hydrogens is 272 g/mol. The molecule has 0 fully saturated rings. The summed E-state index contributed by atoms with van der Waals surface area (Å²) in [5.41, 5.74) is 5.28. The maximum absolute atomic E-state index is 11.3. The minimum absolute atomic E-state index is 0.153. The average Bonchev–Trinajstić information content (AvgIpc) is 2.34. The lowest BCUT2D eigenvalue weighted by atomic mass is 10.3. The Balaban J connectivity index is 3.50. The number of carbonyl (C=O) groups excluding carboxylic acids is 2. The van der Waals surface area contributed by atoms with Crippen molar-refractivity contribution in [3.05, 3.63) is 0 Å². The first-order valence-corrected chi connectivity index (χ1v) is 7.11.